The number of carbonyl (C=O) groups excluding carboxylic acids is 1. The van der Waals surface area contributed by atoms with Gasteiger partial charge in [0, 0.05) is 6.54 Å². The summed E-state index contributed by atoms with van der Waals surface area (Å²) in [5, 5.41) is 11.9. The zero-order valence-corrected chi connectivity index (χ0v) is 13.5. The van der Waals surface area contributed by atoms with E-state index in [2.05, 4.69) is 5.32 Å². The van der Waals surface area contributed by atoms with E-state index < -0.39 is 5.41 Å². The molecule has 0 aliphatic rings. The largest absolute Gasteiger partial charge is 0.392 e. The number of aliphatic hydroxyl groups excluding tert-OH is 1. The third-order valence-electron chi connectivity index (χ3n) is 4.02. The summed E-state index contributed by atoms with van der Waals surface area (Å²) in [6.07, 6.45) is 0.705. The SMILES string of the molecule is CC(C)(C(=O)NCCc1ccc(CO)cc1)c1cccc(F)c1. The molecule has 0 spiro atoms. The van der Waals surface area contributed by atoms with Gasteiger partial charge in [0.25, 0.3) is 0 Å². The fourth-order valence-electron chi connectivity index (χ4n) is 2.36. The first-order valence-corrected chi connectivity index (χ1v) is 7.66. The Kier molecular flexibility index (Phi) is 5.50. The minimum absolute atomic E-state index is 0.0266. The van der Waals surface area contributed by atoms with E-state index in [1.807, 2.05) is 24.3 Å². The second kappa shape index (κ2) is 7.38. The van der Waals surface area contributed by atoms with E-state index in [1.165, 1.54) is 12.1 Å². The lowest BCUT2D eigenvalue weighted by Gasteiger charge is -2.24. The predicted octanol–water partition coefficient (Wildman–Crippen LogP) is 2.95. The lowest BCUT2D eigenvalue weighted by molar-refractivity contribution is -0.125. The van der Waals surface area contributed by atoms with Gasteiger partial charge in [-0.15, -0.1) is 0 Å². The number of benzene rings is 2. The highest BCUT2D eigenvalue weighted by Gasteiger charge is 2.29. The van der Waals surface area contributed by atoms with Crippen molar-refractivity contribution >= 4 is 5.91 Å². The Morgan fingerprint density at radius 2 is 1.78 bits per heavy atom. The van der Waals surface area contributed by atoms with Gasteiger partial charge in [0.2, 0.25) is 5.91 Å². The summed E-state index contributed by atoms with van der Waals surface area (Å²) in [6, 6.07) is 13.8. The molecule has 3 nitrogen and oxygen atoms in total. The molecule has 0 aromatic heterocycles. The van der Waals surface area contributed by atoms with Gasteiger partial charge < -0.3 is 10.4 Å². The normalized spacial score (nSPS) is 11.3. The second-order valence-electron chi connectivity index (χ2n) is 6.12. The standard InChI is InChI=1S/C19H22FNO2/c1-19(2,16-4-3-5-17(20)12-16)18(23)21-11-10-14-6-8-15(13-22)9-7-14/h3-9,12,22H,10-11,13H2,1-2H3,(H,21,23). The predicted molar refractivity (Wildman–Crippen MR) is 88.5 cm³/mol. The Morgan fingerprint density at radius 3 is 2.39 bits per heavy atom. The van der Waals surface area contributed by atoms with E-state index in [4.69, 9.17) is 5.11 Å². The third kappa shape index (κ3) is 4.39. The number of aliphatic hydroxyl groups is 1. The van der Waals surface area contributed by atoms with Crippen LogP contribution in [0.3, 0.4) is 0 Å². The Hall–Kier alpha value is -2.20. The molecule has 0 heterocycles. The van der Waals surface area contributed by atoms with Crippen molar-refractivity contribution in [2.75, 3.05) is 6.54 Å². The zero-order valence-electron chi connectivity index (χ0n) is 13.5. The molecule has 0 saturated carbocycles. The molecule has 0 unspecified atom stereocenters. The Morgan fingerprint density at radius 1 is 1.13 bits per heavy atom. The van der Waals surface area contributed by atoms with Gasteiger partial charge in [-0.05, 0) is 49.1 Å². The molecule has 0 radical (unpaired) electrons. The van der Waals surface area contributed by atoms with Crippen LogP contribution in [0.4, 0.5) is 4.39 Å². The van der Waals surface area contributed by atoms with Crippen LogP contribution in [0.5, 0.6) is 0 Å². The van der Waals surface area contributed by atoms with Crippen molar-refractivity contribution in [2.24, 2.45) is 0 Å². The van der Waals surface area contributed by atoms with Crippen molar-refractivity contribution in [3.63, 3.8) is 0 Å². The molecule has 122 valence electrons. The van der Waals surface area contributed by atoms with Crippen LogP contribution in [0.2, 0.25) is 0 Å². The number of hydrogen-bond acceptors (Lipinski definition) is 2. The van der Waals surface area contributed by atoms with Crippen LogP contribution < -0.4 is 5.32 Å². The van der Waals surface area contributed by atoms with Crippen LogP contribution >= 0.6 is 0 Å². The van der Waals surface area contributed by atoms with Crippen molar-refractivity contribution in [1.82, 2.24) is 5.32 Å². The molecule has 2 aromatic rings. The molecule has 4 heteroatoms. The molecule has 2 rings (SSSR count). The van der Waals surface area contributed by atoms with E-state index in [1.54, 1.807) is 26.0 Å². The first-order chi connectivity index (χ1) is 10.9. The second-order valence-corrected chi connectivity index (χ2v) is 6.12. The van der Waals surface area contributed by atoms with Crippen molar-refractivity contribution in [3.05, 3.63) is 71.0 Å². The molecule has 0 fully saturated rings. The van der Waals surface area contributed by atoms with Crippen LogP contribution in [0, 0.1) is 5.82 Å². The van der Waals surface area contributed by atoms with Crippen molar-refractivity contribution < 1.29 is 14.3 Å². The van der Waals surface area contributed by atoms with E-state index in [-0.39, 0.29) is 18.3 Å². The molecular weight excluding hydrogens is 293 g/mol. The minimum Gasteiger partial charge on any atom is -0.392 e. The number of rotatable bonds is 6. The number of halogens is 1. The highest BCUT2D eigenvalue weighted by Crippen LogP contribution is 2.23. The molecule has 2 aromatic carbocycles. The third-order valence-corrected chi connectivity index (χ3v) is 4.02. The molecule has 1 amide bonds. The van der Waals surface area contributed by atoms with Crippen LogP contribution in [0.1, 0.15) is 30.5 Å². The molecule has 0 bridgehead atoms. The fraction of sp³-hybridized carbons (Fsp3) is 0.316. The first-order valence-electron chi connectivity index (χ1n) is 7.66. The van der Waals surface area contributed by atoms with Crippen LogP contribution in [0.25, 0.3) is 0 Å². The van der Waals surface area contributed by atoms with Gasteiger partial charge in [-0.2, -0.15) is 0 Å². The minimum atomic E-state index is -0.789. The van der Waals surface area contributed by atoms with Gasteiger partial charge in [0.15, 0.2) is 0 Å². The average Bonchev–Trinajstić information content (AvgIpc) is 2.55. The van der Waals surface area contributed by atoms with Crippen molar-refractivity contribution in [2.45, 2.75) is 32.3 Å². The summed E-state index contributed by atoms with van der Waals surface area (Å²) in [6.45, 7) is 4.11. The van der Waals surface area contributed by atoms with Gasteiger partial charge in [-0.1, -0.05) is 36.4 Å². The number of hydrogen-bond donors (Lipinski definition) is 2. The van der Waals surface area contributed by atoms with Gasteiger partial charge >= 0.3 is 0 Å². The van der Waals surface area contributed by atoms with Crippen LogP contribution in [-0.2, 0) is 23.2 Å². The van der Waals surface area contributed by atoms with Gasteiger partial charge in [-0.3, -0.25) is 4.79 Å². The maximum Gasteiger partial charge on any atom is 0.230 e. The van der Waals surface area contributed by atoms with Gasteiger partial charge in [0.05, 0.1) is 12.0 Å². The molecule has 0 aliphatic carbocycles. The highest BCUT2D eigenvalue weighted by atomic mass is 19.1. The summed E-state index contributed by atoms with van der Waals surface area (Å²) in [5.41, 5.74) is 1.82. The fourth-order valence-corrected chi connectivity index (χ4v) is 2.36. The molecule has 2 N–H and O–H groups in total. The molecule has 0 atom stereocenters. The van der Waals surface area contributed by atoms with E-state index >= 15 is 0 Å². The lowest BCUT2D eigenvalue weighted by atomic mass is 9.83. The van der Waals surface area contributed by atoms with E-state index in [0.29, 0.717) is 18.5 Å². The molecular formula is C19H22FNO2. The molecule has 23 heavy (non-hydrogen) atoms. The van der Waals surface area contributed by atoms with Crippen molar-refractivity contribution in [1.29, 1.82) is 0 Å². The van der Waals surface area contributed by atoms with E-state index in [0.717, 1.165) is 11.1 Å². The van der Waals surface area contributed by atoms with E-state index in [9.17, 15) is 9.18 Å². The number of amides is 1. The average molecular weight is 315 g/mol. The summed E-state index contributed by atoms with van der Waals surface area (Å²) in [4.78, 5) is 12.4. The highest BCUT2D eigenvalue weighted by molar-refractivity contribution is 5.87. The van der Waals surface area contributed by atoms with Gasteiger partial charge in [0.1, 0.15) is 5.82 Å². The maximum atomic E-state index is 13.3. The van der Waals surface area contributed by atoms with Crippen molar-refractivity contribution in [3.8, 4) is 0 Å². The summed E-state index contributed by atoms with van der Waals surface area (Å²) < 4.78 is 13.3. The Balaban J connectivity index is 1.93. The number of nitrogens with one attached hydrogen (secondary N) is 1. The summed E-state index contributed by atoms with van der Waals surface area (Å²) >= 11 is 0. The number of carbonyl (C=O) groups is 1. The topological polar surface area (TPSA) is 49.3 Å². The molecule has 0 saturated heterocycles. The summed E-state index contributed by atoms with van der Waals surface area (Å²) in [5.74, 6) is -0.470. The smallest absolute Gasteiger partial charge is 0.230 e. The first kappa shape index (κ1) is 17.2. The van der Waals surface area contributed by atoms with Gasteiger partial charge in [-0.25, -0.2) is 4.39 Å². The quantitative estimate of drug-likeness (QED) is 0.861. The zero-order chi connectivity index (χ0) is 16.9. The Bertz CT molecular complexity index is 665. The summed E-state index contributed by atoms with van der Waals surface area (Å²) in [7, 11) is 0. The van der Waals surface area contributed by atoms with Crippen LogP contribution in [-0.4, -0.2) is 17.6 Å². The van der Waals surface area contributed by atoms with Crippen LogP contribution in [0.15, 0.2) is 48.5 Å². The lowest BCUT2D eigenvalue weighted by Crippen LogP contribution is -2.41. The monoisotopic (exact) mass is 315 g/mol. The molecule has 0 aliphatic heterocycles. The Labute approximate surface area is 136 Å². The maximum absolute atomic E-state index is 13.3.